The average molecular weight is 528 g/mol. The molecule has 1 heterocycles. The molecule has 0 spiro atoms. The summed E-state index contributed by atoms with van der Waals surface area (Å²) in [6, 6.07) is 6.09. The molecule has 0 atom stereocenters. The minimum atomic E-state index is -5.05. The number of Topliss-reactive ketones (excluding diaryl/α,β-unsaturated/α-hetero) is 1. The molecule has 3 rings (SSSR count). The number of nitrogens with one attached hydrogen (secondary N) is 1. The van der Waals surface area contributed by atoms with Crippen molar-refractivity contribution in [3.05, 3.63) is 69.9 Å². The number of ketones is 1. The first-order valence-corrected chi connectivity index (χ1v) is 11.8. The normalized spacial score (nSPS) is 12.4. The number of hydrogen-bond donors (Lipinski definition) is 1. The minimum absolute atomic E-state index is 0.0489. The third-order valence-electron chi connectivity index (χ3n) is 6.04. The Morgan fingerprint density at radius 1 is 0.946 bits per heavy atom. The first-order valence-electron chi connectivity index (χ1n) is 11.8. The first kappa shape index (κ1) is 28.3. The highest BCUT2D eigenvalue weighted by atomic mass is 19.4. The zero-order chi connectivity index (χ0) is 27.5. The number of ether oxygens (including phenoxy) is 1. The maximum atomic E-state index is 14.0. The topological polar surface area (TPSA) is 59.2 Å². The predicted octanol–water partition coefficient (Wildman–Crippen LogP) is 7.37. The number of H-pyrrole nitrogens is 1. The van der Waals surface area contributed by atoms with E-state index in [1.54, 1.807) is 25.3 Å². The molecular weight excluding hydrogens is 500 g/mol. The summed E-state index contributed by atoms with van der Waals surface area (Å²) < 4.78 is 88.8. The Balaban J connectivity index is 2.02. The van der Waals surface area contributed by atoms with E-state index in [-0.39, 0.29) is 24.5 Å². The summed E-state index contributed by atoms with van der Waals surface area (Å²) in [4.78, 5) is 26.5. The van der Waals surface area contributed by atoms with Crippen molar-refractivity contribution in [1.29, 1.82) is 0 Å². The van der Waals surface area contributed by atoms with Gasteiger partial charge in [0.15, 0.2) is 0 Å². The van der Waals surface area contributed by atoms with Crippen LogP contribution in [0.3, 0.4) is 0 Å². The maximum Gasteiger partial charge on any atom is 0.416 e. The highest BCUT2D eigenvalue weighted by Gasteiger charge is 2.41. The lowest BCUT2D eigenvalue weighted by molar-refractivity contribution is -0.146. The molecule has 0 amide bonds. The largest absolute Gasteiger partial charge is 0.466 e. The van der Waals surface area contributed by atoms with Gasteiger partial charge in [-0.2, -0.15) is 26.3 Å². The third kappa shape index (κ3) is 6.93. The molecule has 0 aliphatic heterocycles. The summed E-state index contributed by atoms with van der Waals surface area (Å²) in [5.41, 5.74) is -2.00. The van der Waals surface area contributed by atoms with Gasteiger partial charge in [0, 0.05) is 23.5 Å². The molecule has 0 saturated carbocycles. The Kier molecular flexibility index (Phi) is 8.39. The van der Waals surface area contributed by atoms with E-state index in [9.17, 15) is 35.9 Å². The van der Waals surface area contributed by atoms with Gasteiger partial charge in [-0.25, -0.2) is 0 Å². The van der Waals surface area contributed by atoms with E-state index in [0.29, 0.717) is 17.7 Å². The molecule has 4 nitrogen and oxygen atoms in total. The maximum absolute atomic E-state index is 14.0. The summed E-state index contributed by atoms with van der Waals surface area (Å²) in [6.45, 7) is 5.47. The lowest BCUT2D eigenvalue weighted by Gasteiger charge is -2.21. The van der Waals surface area contributed by atoms with Gasteiger partial charge in [0.1, 0.15) is 12.2 Å². The minimum Gasteiger partial charge on any atom is -0.466 e. The number of halogens is 6. The second kappa shape index (κ2) is 11.0. The highest BCUT2D eigenvalue weighted by molar-refractivity contribution is 5.95. The Morgan fingerprint density at radius 3 is 2.11 bits per heavy atom. The molecule has 2 aromatic carbocycles. The number of aromatic amines is 1. The molecule has 0 aliphatic rings. The average Bonchev–Trinajstić information content (AvgIpc) is 3.20. The van der Waals surface area contributed by atoms with E-state index >= 15 is 0 Å². The standard InChI is InChI=1S/C27H27F6NO3/c1-4-37-25(36)13-18(35)7-5-17-11-22(26(28,29)30)20(23(12-17)27(31,32)33)10-16-6-8-24-19(9-16)21(14-34-24)15(2)3/h6,8-9,11-12,14-15,34H,4-5,7,10,13H2,1-3H3. The van der Waals surface area contributed by atoms with Crippen LogP contribution in [0.2, 0.25) is 0 Å². The number of benzene rings is 2. The van der Waals surface area contributed by atoms with E-state index < -0.39 is 60.1 Å². The van der Waals surface area contributed by atoms with Crippen molar-refractivity contribution in [3.63, 3.8) is 0 Å². The zero-order valence-electron chi connectivity index (χ0n) is 20.6. The fourth-order valence-corrected chi connectivity index (χ4v) is 4.30. The Bertz CT molecular complexity index is 1250. The number of aromatic nitrogens is 1. The number of esters is 1. The number of carbonyl (C=O) groups is 2. The molecule has 0 fully saturated rings. The number of alkyl halides is 6. The molecule has 0 saturated heterocycles. The summed E-state index contributed by atoms with van der Waals surface area (Å²) >= 11 is 0. The summed E-state index contributed by atoms with van der Waals surface area (Å²) in [5, 5.41) is 0.742. The molecule has 200 valence electrons. The smallest absolute Gasteiger partial charge is 0.416 e. The van der Waals surface area contributed by atoms with Crippen molar-refractivity contribution in [3.8, 4) is 0 Å². The molecule has 3 aromatic rings. The van der Waals surface area contributed by atoms with Gasteiger partial charge >= 0.3 is 18.3 Å². The van der Waals surface area contributed by atoms with Crippen molar-refractivity contribution < 1.29 is 40.7 Å². The van der Waals surface area contributed by atoms with Crippen LogP contribution in [0.4, 0.5) is 26.3 Å². The van der Waals surface area contributed by atoms with Gasteiger partial charge in [0.05, 0.1) is 17.7 Å². The second-order valence-electron chi connectivity index (χ2n) is 9.14. The van der Waals surface area contributed by atoms with Crippen molar-refractivity contribution in [2.45, 2.75) is 64.7 Å². The molecule has 1 aromatic heterocycles. The van der Waals surface area contributed by atoms with Gasteiger partial charge in [-0.05, 0) is 72.2 Å². The van der Waals surface area contributed by atoms with Crippen molar-refractivity contribution in [1.82, 2.24) is 4.98 Å². The van der Waals surface area contributed by atoms with Crippen LogP contribution in [0, 0.1) is 0 Å². The fraction of sp³-hybridized carbons (Fsp3) is 0.407. The van der Waals surface area contributed by atoms with E-state index in [1.165, 1.54) is 6.07 Å². The molecule has 10 heteroatoms. The SMILES string of the molecule is CCOC(=O)CC(=O)CCc1cc(C(F)(F)F)c(Cc2ccc3[nH]cc(C(C)C)c3c2)c(C(F)(F)F)c1. The van der Waals surface area contributed by atoms with Gasteiger partial charge in [-0.15, -0.1) is 0 Å². The number of aryl methyl sites for hydroxylation is 1. The van der Waals surface area contributed by atoms with Crippen LogP contribution in [0.5, 0.6) is 0 Å². The molecule has 0 aliphatic carbocycles. The van der Waals surface area contributed by atoms with E-state index in [1.807, 2.05) is 13.8 Å². The van der Waals surface area contributed by atoms with Crippen LogP contribution in [-0.2, 0) is 39.5 Å². The van der Waals surface area contributed by atoms with Crippen LogP contribution in [0.25, 0.3) is 10.9 Å². The van der Waals surface area contributed by atoms with E-state index in [4.69, 9.17) is 0 Å². The number of fused-ring (bicyclic) bond motifs is 1. The zero-order valence-corrected chi connectivity index (χ0v) is 20.6. The quantitative estimate of drug-likeness (QED) is 0.180. The fourth-order valence-electron chi connectivity index (χ4n) is 4.30. The van der Waals surface area contributed by atoms with E-state index in [0.717, 1.165) is 16.5 Å². The van der Waals surface area contributed by atoms with Crippen LogP contribution >= 0.6 is 0 Å². The van der Waals surface area contributed by atoms with Crippen LogP contribution in [0.1, 0.15) is 72.9 Å². The van der Waals surface area contributed by atoms with Gasteiger partial charge in [0.2, 0.25) is 0 Å². The van der Waals surface area contributed by atoms with Crippen molar-refractivity contribution >= 4 is 22.7 Å². The van der Waals surface area contributed by atoms with Gasteiger partial charge in [0.25, 0.3) is 0 Å². The molecule has 1 N–H and O–H groups in total. The molecule has 0 unspecified atom stereocenters. The highest BCUT2D eigenvalue weighted by Crippen LogP contribution is 2.42. The predicted molar refractivity (Wildman–Crippen MR) is 126 cm³/mol. The number of hydrogen-bond acceptors (Lipinski definition) is 3. The van der Waals surface area contributed by atoms with Gasteiger partial charge < -0.3 is 9.72 Å². The molecular formula is C27H27F6NO3. The van der Waals surface area contributed by atoms with Crippen LogP contribution in [0.15, 0.2) is 36.5 Å². The molecule has 37 heavy (non-hydrogen) atoms. The molecule has 0 bridgehead atoms. The van der Waals surface area contributed by atoms with Gasteiger partial charge in [-0.1, -0.05) is 19.9 Å². The Morgan fingerprint density at radius 2 is 1.57 bits per heavy atom. The van der Waals surface area contributed by atoms with Crippen LogP contribution < -0.4 is 0 Å². The number of carbonyl (C=O) groups excluding carboxylic acids is 2. The van der Waals surface area contributed by atoms with Crippen LogP contribution in [-0.4, -0.2) is 23.3 Å². The number of rotatable bonds is 9. The second-order valence-corrected chi connectivity index (χ2v) is 9.14. The summed E-state index contributed by atoms with van der Waals surface area (Å²) in [6.07, 6.45) is -10.3. The first-order chi connectivity index (χ1) is 17.2. The lowest BCUT2D eigenvalue weighted by Crippen LogP contribution is -2.18. The third-order valence-corrected chi connectivity index (χ3v) is 6.04. The van der Waals surface area contributed by atoms with E-state index in [2.05, 4.69) is 9.72 Å². The Labute approximate surface area is 210 Å². The van der Waals surface area contributed by atoms with Crippen molar-refractivity contribution in [2.75, 3.05) is 6.61 Å². The summed E-state index contributed by atoms with van der Waals surface area (Å²) in [5.74, 6) is -1.33. The summed E-state index contributed by atoms with van der Waals surface area (Å²) in [7, 11) is 0. The Hall–Kier alpha value is -3.30. The van der Waals surface area contributed by atoms with Crippen molar-refractivity contribution in [2.24, 2.45) is 0 Å². The monoisotopic (exact) mass is 527 g/mol. The lowest BCUT2D eigenvalue weighted by atomic mass is 9.89. The van der Waals surface area contributed by atoms with Gasteiger partial charge in [-0.3, -0.25) is 9.59 Å². The molecule has 0 radical (unpaired) electrons.